The van der Waals surface area contributed by atoms with Gasteiger partial charge >= 0.3 is 0 Å². The second kappa shape index (κ2) is 10.0. The lowest BCUT2D eigenvalue weighted by atomic mass is 9.95. The van der Waals surface area contributed by atoms with Gasteiger partial charge in [-0.15, -0.1) is 0 Å². The molecule has 0 atom stereocenters. The predicted molar refractivity (Wildman–Crippen MR) is 101 cm³/mol. The zero-order chi connectivity index (χ0) is 19.6. The van der Waals surface area contributed by atoms with E-state index in [0.717, 1.165) is 24.5 Å². The zero-order valence-corrected chi connectivity index (χ0v) is 14.7. The number of nitrogens with one attached hydrogen (secondary N) is 1. The molecule has 0 bridgehead atoms. The second-order valence-corrected chi connectivity index (χ2v) is 6.21. The number of benzene rings is 2. The van der Waals surface area contributed by atoms with Gasteiger partial charge in [-0.3, -0.25) is 25.0 Å². The fourth-order valence-electron chi connectivity index (χ4n) is 2.83. The van der Waals surface area contributed by atoms with Crippen molar-refractivity contribution >= 4 is 17.3 Å². The van der Waals surface area contributed by atoms with Crippen molar-refractivity contribution < 1.29 is 14.6 Å². The maximum atomic E-state index is 11.8. The molecule has 1 fully saturated rings. The topological polar surface area (TPSA) is 115 Å². The lowest BCUT2D eigenvalue weighted by Crippen LogP contribution is -2.36. The van der Waals surface area contributed by atoms with Gasteiger partial charge in [-0.1, -0.05) is 37.5 Å². The van der Waals surface area contributed by atoms with E-state index in [1.165, 1.54) is 37.5 Å². The van der Waals surface area contributed by atoms with Gasteiger partial charge in [0.25, 0.3) is 17.3 Å². The van der Waals surface area contributed by atoms with Gasteiger partial charge < -0.3 is 5.32 Å². The van der Waals surface area contributed by atoms with E-state index in [4.69, 9.17) is 0 Å². The van der Waals surface area contributed by atoms with Crippen LogP contribution < -0.4 is 5.32 Å². The molecule has 1 aliphatic rings. The summed E-state index contributed by atoms with van der Waals surface area (Å²) in [4.78, 5) is 30.8. The molecular weight excluding hydrogens is 350 g/mol. The number of carbonyl (C=O) groups excluding carboxylic acids is 1. The van der Waals surface area contributed by atoms with Crippen molar-refractivity contribution in [3.63, 3.8) is 0 Å². The van der Waals surface area contributed by atoms with E-state index in [-0.39, 0.29) is 17.3 Å². The van der Waals surface area contributed by atoms with Crippen molar-refractivity contribution in [2.24, 2.45) is 0 Å². The van der Waals surface area contributed by atoms with E-state index in [2.05, 4.69) is 5.32 Å². The number of nitrogens with zero attached hydrogens (tertiary/aromatic N) is 2. The van der Waals surface area contributed by atoms with E-state index < -0.39 is 9.85 Å². The van der Waals surface area contributed by atoms with Gasteiger partial charge in [-0.25, -0.2) is 0 Å². The molecule has 2 aromatic rings. The van der Waals surface area contributed by atoms with Gasteiger partial charge in [-0.05, 0) is 31.0 Å². The van der Waals surface area contributed by atoms with Crippen LogP contribution >= 0.6 is 0 Å². The third-order valence-corrected chi connectivity index (χ3v) is 4.23. The highest BCUT2D eigenvalue weighted by atomic mass is 16.6. The van der Waals surface area contributed by atoms with E-state index in [1.807, 2.05) is 30.3 Å². The fraction of sp³-hybridized carbons (Fsp3) is 0.316. The van der Waals surface area contributed by atoms with Crippen molar-refractivity contribution in [2.45, 2.75) is 38.1 Å². The molecule has 0 saturated heterocycles. The molecule has 1 saturated carbocycles. The van der Waals surface area contributed by atoms with Crippen molar-refractivity contribution in [2.75, 3.05) is 0 Å². The summed E-state index contributed by atoms with van der Waals surface area (Å²) in [6.07, 6.45) is 6.09. The van der Waals surface area contributed by atoms with Gasteiger partial charge in [0, 0.05) is 23.7 Å². The normalized spacial score (nSPS) is 13.8. The van der Waals surface area contributed by atoms with Crippen molar-refractivity contribution in [3.8, 4) is 0 Å². The largest absolute Gasteiger partial charge is 0.349 e. The summed E-state index contributed by atoms with van der Waals surface area (Å²) in [5.74, 6) is 0.0718. The average molecular weight is 371 g/mol. The van der Waals surface area contributed by atoms with Gasteiger partial charge in [0.2, 0.25) is 0 Å². The molecule has 0 aliphatic heterocycles. The highest BCUT2D eigenvalue weighted by Crippen LogP contribution is 2.18. The number of nitro groups is 2. The molecule has 8 nitrogen and oxygen atoms in total. The minimum atomic E-state index is -0.674. The van der Waals surface area contributed by atoms with Gasteiger partial charge in [0.05, 0.1) is 15.9 Å². The predicted octanol–water partition coefficient (Wildman–Crippen LogP) is 4.25. The third-order valence-electron chi connectivity index (χ3n) is 4.23. The fourth-order valence-corrected chi connectivity index (χ4v) is 2.83. The van der Waals surface area contributed by atoms with Crippen LogP contribution in [-0.2, 0) is 0 Å². The molecule has 0 aromatic heterocycles. The lowest BCUT2D eigenvalue weighted by Gasteiger charge is -2.22. The standard InChI is InChI=1S/C13H17NO.C6H4N2O4/c15-13(11-7-3-1-4-8-11)14-12-9-5-2-6-10-12;9-7(10)5-2-1-3-6(4-5)8(11)12/h1,3-4,7-8,12H,2,5-6,9-10H2,(H,14,15);1-4H. The van der Waals surface area contributed by atoms with E-state index >= 15 is 0 Å². The van der Waals surface area contributed by atoms with Gasteiger partial charge in [-0.2, -0.15) is 0 Å². The molecule has 0 spiro atoms. The minimum absolute atomic E-state index is 0.0718. The van der Waals surface area contributed by atoms with Crippen molar-refractivity contribution in [3.05, 3.63) is 80.4 Å². The number of rotatable bonds is 4. The number of non-ortho nitro benzene ring substituents is 2. The summed E-state index contributed by atoms with van der Waals surface area (Å²) >= 11 is 0. The van der Waals surface area contributed by atoms with Crippen LogP contribution in [0.25, 0.3) is 0 Å². The molecule has 1 aliphatic carbocycles. The summed E-state index contributed by atoms with van der Waals surface area (Å²) in [7, 11) is 0. The maximum absolute atomic E-state index is 11.8. The first kappa shape index (κ1) is 20.0. The maximum Gasteiger partial charge on any atom is 0.276 e. The van der Waals surface area contributed by atoms with Crippen LogP contribution in [0.4, 0.5) is 11.4 Å². The lowest BCUT2D eigenvalue weighted by molar-refractivity contribution is -0.394. The van der Waals surface area contributed by atoms with Crippen LogP contribution in [0.5, 0.6) is 0 Å². The molecule has 8 heteroatoms. The number of hydrogen-bond acceptors (Lipinski definition) is 5. The molecular formula is C19H21N3O5. The summed E-state index contributed by atoms with van der Waals surface area (Å²) < 4.78 is 0. The molecule has 3 rings (SSSR count). The molecule has 142 valence electrons. The Bertz CT molecular complexity index is 760. The molecule has 1 N–H and O–H groups in total. The van der Waals surface area contributed by atoms with Crippen LogP contribution in [0.1, 0.15) is 42.5 Å². The first-order valence-corrected chi connectivity index (χ1v) is 8.72. The smallest absolute Gasteiger partial charge is 0.276 e. The molecule has 0 heterocycles. The zero-order valence-electron chi connectivity index (χ0n) is 14.7. The SMILES string of the molecule is O=C(NC1CCCCC1)c1ccccc1.O=[N+]([O-])c1cccc([N+](=O)[O-])c1. The number of hydrogen-bond donors (Lipinski definition) is 1. The van der Waals surface area contributed by atoms with Gasteiger partial charge in [0.15, 0.2) is 0 Å². The number of amides is 1. The first-order chi connectivity index (χ1) is 13.0. The molecule has 0 unspecified atom stereocenters. The number of carbonyl (C=O) groups is 1. The Morgan fingerprint density at radius 2 is 1.41 bits per heavy atom. The Kier molecular flexibility index (Phi) is 7.42. The van der Waals surface area contributed by atoms with Crippen LogP contribution in [0.2, 0.25) is 0 Å². The Balaban J connectivity index is 0.000000199. The average Bonchev–Trinajstić information content (AvgIpc) is 2.70. The Morgan fingerprint density at radius 3 is 1.93 bits per heavy atom. The Hall–Kier alpha value is -3.29. The summed E-state index contributed by atoms with van der Waals surface area (Å²) in [5.41, 5.74) is 0.219. The Morgan fingerprint density at radius 1 is 0.852 bits per heavy atom. The highest BCUT2D eigenvalue weighted by Gasteiger charge is 2.16. The third kappa shape index (κ3) is 6.50. The molecule has 0 radical (unpaired) electrons. The van der Waals surface area contributed by atoms with Crippen LogP contribution in [0.15, 0.2) is 54.6 Å². The van der Waals surface area contributed by atoms with E-state index in [1.54, 1.807) is 0 Å². The summed E-state index contributed by atoms with van der Waals surface area (Å²) in [6.45, 7) is 0. The minimum Gasteiger partial charge on any atom is -0.349 e. The van der Waals surface area contributed by atoms with E-state index in [0.29, 0.717) is 6.04 Å². The van der Waals surface area contributed by atoms with Crippen molar-refractivity contribution in [1.82, 2.24) is 5.32 Å². The van der Waals surface area contributed by atoms with E-state index in [9.17, 15) is 25.0 Å². The highest BCUT2D eigenvalue weighted by molar-refractivity contribution is 5.94. The molecule has 1 amide bonds. The van der Waals surface area contributed by atoms with Crippen LogP contribution in [0, 0.1) is 20.2 Å². The summed E-state index contributed by atoms with van der Waals surface area (Å²) in [6, 6.07) is 14.4. The summed E-state index contributed by atoms with van der Waals surface area (Å²) in [5, 5.41) is 23.4. The van der Waals surface area contributed by atoms with Crippen molar-refractivity contribution in [1.29, 1.82) is 0 Å². The second-order valence-electron chi connectivity index (χ2n) is 6.21. The van der Waals surface area contributed by atoms with Crippen LogP contribution in [0.3, 0.4) is 0 Å². The quantitative estimate of drug-likeness (QED) is 0.637. The van der Waals surface area contributed by atoms with Crippen LogP contribution in [-0.4, -0.2) is 21.8 Å². The molecule has 27 heavy (non-hydrogen) atoms. The molecule has 2 aromatic carbocycles. The number of nitro benzene ring substituents is 2. The monoisotopic (exact) mass is 371 g/mol. The first-order valence-electron chi connectivity index (χ1n) is 8.72. The van der Waals surface area contributed by atoms with Gasteiger partial charge in [0.1, 0.15) is 0 Å². The Labute approximate surface area is 156 Å².